The lowest BCUT2D eigenvalue weighted by molar-refractivity contribution is 0.0624. The molecule has 1 saturated heterocycles. The van der Waals surface area contributed by atoms with Crippen molar-refractivity contribution in [3.63, 3.8) is 0 Å². The third-order valence-electron chi connectivity index (χ3n) is 3.01. The molecule has 1 aromatic rings. The molecular formula is C11H14N2OS2. The van der Waals surface area contributed by atoms with E-state index in [4.69, 9.17) is 9.73 Å². The van der Waals surface area contributed by atoms with Gasteiger partial charge in [-0.3, -0.25) is 4.99 Å². The van der Waals surface area contributed by atoms with Gasteiger partial charge in [0.2, 0.25) is 0 Å². The largest absolute Gasteiger partial charge is 0.381 e. The molecule has 0 unspecified atom stereocenters. The summed E-state index contributed by atoms with van der Waals surface area (Å²) in [6.07, 6.45) is 2.13. The van der Waals surface area contributed by atoms with Gasteiger partial charge in [-0.2, -0.15) is 11.3 Å². The molecule has 3 nitrogen and oxygen atoms in total. The number of thiophene rings is 1. The van der Waals surface area contributed by atoms with Crippen molar-refractivity contribution in [1.82, 2.24) is 0 Å². The molecule has 16 heavy (non-hydrogen) atoms. The van der Waals surface area contributed by atoms with E-state index >= 15 is 0 Å². The monoisotopic (exact) mass is 254 g/mol. The quantitative estimate of drug-likeness (QED) is 0.836. The van der Waals surface area contributed by atoms with Crippen LogP contribution < -0.4 is 5.32 Å². The van der Waals surface area contributed by atoms with E-state index in [-0.39, 0.29) is 5.54 Å². The van der Waals surface area contributed by atoms with Crippen LogP contribution in [0.15, 0.2) is 21.8 Å². The minimum absolute atomic E-state index is 0.154. The van der Waals surface area contributed by atoms with E-state index < -0.39 is 0 Å². The van der Waals surface area contributed by atoms with Crippen LogP contribution in [-0.4, -0.2) is 29.7 Å². The van der Waals surface area contributed by atoms with Crippen LogP contribution in [0, 0.1) is 0 Å². The molecule has 0 atom stereocenters. The molecule has 0 radical (unpaired) electrons. The lowest BCUT2D eigenvalue weighted by Crippen LogP contribution is -2.34. The molecule has 0 saturated carbocycles. The molecule has 86 valence electrons. The number of aliphatic imine (C=N–C) groups is 1. The fraction of sp³-hybridized carbons (Fsp3) is 0.545. The van der Waals surface area contributed by atoms with Crippen molar-refractivity contribution in [3.05, 3.63) is 16.8 Å². The summed E-state index contributed by atoms with van der Waals surface area (Å²) in [6, 6.07) is 2.09. The summed E-state index contributed by atoms with van der Waals surface area (Å²) in [5.41, 5.74) is 1.31. The lowest BCUT2D eigenvalue weighted by atomic mass is 9.93. The average molecular weight is 254 g/mol. The zero-order valence-corrected chi connectivity index (χ0v) is 10.6. The van der Waals surface area contributed by atoms with Gasteiger partial charge in [0.15, 0.2) is 5.17 Å². The smallest absolute Gasteiger partial charge is 0.161 e. The molecule has 2 aliphatic heterocycles. The van der Waals surface area contributed by atoms with Crippen LogP contribution >= 0.6 is 23.1 Å². The Morgan fingerprint density at radius 1 is 1.38 bits per heavy atom. The van der Waals surface area contributed by atoms with E-state index in [0.29, 0.717) is 0 Å². The van der Waals surface area contributed by atoms with Crippen molar-refractivity contribution < 1.29 is 4.74 Å². The summed E-state index contributed by atoms with van der Waals surface area (Å²) in [4.78, 5) is 4.85. The number of ether oxygens (including phenoxy) is 1. The molecule has 1 spiro atoms. The maximum absolute atomic E-state index is 5.40. The van der Waals surface area contributed by atoms with Gasteiger partial charge in [-0.05, 0) is 24.3 Å². The lowest BCUT2D eigenvalue weighted by Gasteiger charge is -2.29. The van der Waals surface area contributed by atoms with Crippen molar-refractivity contribution in [2.75, 3.05) is 24.3 Å². The van der Waals surface area contributed by atoms with Crippen molar-refractivity contribution >= 4 is 34.0 Å². The maximum atomic E-state index is 5.40. The van der Waals surface area contributed by atoms with Crippen molar-refractivity contribution in [2.24, 2.45) is 4.99 Å². The summed E-state index contributed by atoms with van der Waals surface area (Å²) >= 11 is 3.54. The molecule has 1 fully saturated rings. The number of thioether (sulfide) groups is 1. The van der Waals surface area contributed by atoms with E-state index in [1.807, 2.05) is 11.8 Å². The predicted octanol–water partition coefficient (Wildman–Crippen LogP) is 2.81. The minimum atomic E-state index is 0.154. The van der Waals surface area contributed by atoms with Crippen LogP contribution in [0.4, 0.5) is 5.69 Å². The highest BCUT2D eigenvalue weighted by Gasteiger charge is 2.37. The van der Waals surface area contributed by atoms with E-state index in [2.05, 4.69) is 22.1 Å². The van der Waals surface area contributed by atoms with E-state index in [0.717, 1.165) is 42.7 Å². The second-order valence-corrected chi connectivity index (χ2v) is 5.92. The number of nitrogens with zero attached hydrogens (tertiary/aromatic N) is 1. The molecule has 3 rings (SSSR count). The SMILES string of the molecule is c1cc(NC2=NC3(CCOCC3)CS2)cs1. The summed E-state index contributed by atoms with van der Waals surface area (Å²) in [5.74, 6) is 1.10. The van der Waals surface area contributed by atoms with Crippen molar-refractivity contribution in [1.29, 1.82) is 0 Å². The number of hydrogen-bond acceptors (Lipinski definition) is 5. The normalized spacial score (nSPS) is 23.4. The molecule has 0 aliphatic carbocycles. The van der Waals surface area contributed by atoms with Gasteiger partial charge >= 0.3 is 0 Å². The van der Waals surface area contributed by atoms with Gasteiger partial charge in [0.1, 0.15) is 0 Å². The van der Waals surface area contributed by atoms with Crippen LogP contribution in [-0.2, 0) is 4.74 Å². The number of nitrogens with one attached hydrogen (secondary N) is 1. The van der Waals surface area contributed by atoms with Gasteiger partial charge in [0.25, 0.3) is 0 Å². The molecule has 1 aromatic heterocycles. The van der Waals surface area contributed by atoms with Crippen LogP contribution in [0.3, 0.4) is 0 Å². The topological polar surface area (TPSA) is 33.6 Å². The molecule has 2 aliphatic rings. The fourth-order valence-electron chi connectivity index (χ4n) is 2.01. The molecule has 0 aromatic carbocycles. The molecule has 0 amide bonds. The van der Waals surface area contributed by atoms with Gasteiger partial charge in [0, 0.05) is 24.3 Å². The molecule has 3 heterocycles. The standard InChI is InChI=1S/C11H14N2OS2/c1-6-15-7-9(1)12-10-13-11(8-16-10)2-4-14-5-3-11/h1,6-7H,2-5,8H2,(H,12,13). The third kappa shape index (κ3) is 2.12. The minimum Gasteiger partial charge on any atom is -0.381 e. The number of amidine groups is 1. The average Bonchev–Trinajstić information content (AvgIpc) is 2.92. The van der Waals surface area contributed by atoms with Crippen molar-refractivity contribution in [2.45, 2.75) is 18.4 Å². The van der Waals surface area contributed by atoms with E-state index in [1.165, 1.54) is 0 Å². The summed E-state index contributed by atoms with van der Waals surface area (Å²) in [6.45, 7) is 1.71. The van der Waals surface area contributed by atoms with Gasteiger partial charge < -0.3 is 10.1 Å². The zero-order chi connectivity index (χ0) is 10.8. The fourth-order valence-corrected chi connectivity index (χ4v) is 3.81. The number of hydrogen-bond donors (Lipinski definition) is 1. The van der Waals surface area contributed by atoms with Gasteiger partial charge in [0.05, 0.1) is 11.2 Å². The Morgan fingerprint density at radius 3 is 3.00 bits per heavy atom. The van der Waals surface area contributed by atoms with E-state index in [9.17, 15) is 0 Å². The zero-order valence-electron chi connectivity index (χ0n) is 8.94. The predicted molar refractivity (Wildman–Crippen MR) is 70.6 cm³/mol. The van der Waals surface area contributed by atoms with Crippen LogP contribution in [0.25, 0.3) is 0 Å². The molecule has 1 N–H and O–H groups in total. The highest BCUT2D eigenvalue weighted by atomic mass is 32.2. The number of rotatable bonds is 1. The van der Waals surface area contributed by atoms with Crippen LogP contribution in [0.2, 0.25) is 0 Å². The van der Waals surface area contributed by atoms with Gasteiger partial charge in [-0.15, -0.1) is 0 Å². The Hall–Kier alpha value is -0.520. The Morgan fingerprint density at radius 2 is 2.25 bits per heavy atom. The van der Waals surface area contributed by atoms with Gasteiger partial charge in [-0.25, -0.2) is 0 Å². The molecular weight excluding hydrogens is 240 g/mol. The highest BCUT2D eigenvalue weighted by molar-refractivity contribution is 8.14. The summed E-state index contributed by atoms with van der Waals surface area (Å²) in [7, 11) is 0. The Balaban J connectivity index is 1.71. The number of anilines is 1. The first-order chi connectivity index (χ1) is 7.86. The van der Waals surface area contributed by atoms with Crippen molar-refractivity contribution in [3.8, 4) is 0 Å². The van der Waals surface area contributed by atoms with Gasteiger partial charge in [-0.1, -0.05) is 11.8 Å². The Bertz CT molecular complexity index is 383. The first-order valence-electron chi connectivity index (χ1n) is 5.46. The van der Waals surface area contributed by atoms with Crippen LogP contribution in [0.5, 0.6) is 0 Å². The first-order valence-corrected chi connectivity index (χ1v) is 7.39. The maximum Gasteiger partial charge on any atom is 0.161 e. The highest BCUT2D eigenvalue weighted by Crippen LogP contribution is 2.36. The Labute approximate surface area is 103 Å². The molecule has 0 bridgehead atoms. The third-order valence-corrected chi connectivity index (χ3v) is 4.84. The second-order valence-electron chi connectivity index (χ2n) is 4.18. The van der Waals surface area contributed by atoms with Crippen LogP contribution in [0.1, 0.15) is 12.8 Å². The first kappa shape index (κ1) is 10.6. The summed E-state index contributed by atoms with van der Waals surface area (Å²) in [5, 5.41) is 8.63. The Kier molecular flexibility index (Phi) is 2.91. The second kappa shape index (κ2) is 4.39. The summed E-state index contributed by atoms with van der Waals surface area (Å²) < 4.78 is 5.40. The molecule has 5 heteroatoms. The van der Waals surface area contributed by atoms with E-state index in [1.54, 1.807) is 11.3 Å².